The summed E-state index contributed by atoms with van der Waals surface area (Å²) in [6, 6.07) is 8.30. The van der Waals surface area contributed by atoms with Gasteiger partial charge in [0.1, 0.15) is 0 Å². The summed E-state index contributed by atoms with van der Waals surface area (Å²) < 4.78 is 25.5. The third-order valence-corrected chi connectivity index (χ3v) is 6.06. The molecule has 4 heterocycles. The lowest BCUT2D eigenvalue weighted by Crippen LogP contribution is -2.46. The minimum Gasteiger partial charge on any atom is -0.348 e. The normalized spacial score (nSPS) is 15.3. The van der Waals surface area contributed by atoms with E-state index in [-0.39, 0.29) is 22.8 Å². The van der Waals surface area contributed by atoms with E-state index in [1.165, 1.54) is 4.40 Å². The topological polar surface area (TPSA) is 114 Å². The van der Waals surface area contributed by atoms with Crippen molar-refractivity contribution in [3.05, 3.63) is 60.2 Å². The van der Waals surface area contributed by atoms with Crippen molar-refractivity contribution in [1.29, 1.82) is 0 Å². The summed E-state index contributed by atoms with van der Waals surface area (Å²) in [5.41, 5.74) is 1.09. The van der Waals surface area contributed by atoms with Gasteiger partial charge in [-0.1, -0.05) is 6.07 Å². The van der Waals surface area contributed by atoms with E-state index in [0.717, 1.165) is 6.26 Å². The Morgan fingerprint density at radius 1 is 1.10 bits per heavy atom. The Bertz CT molecular complexity index is 1200. The average Bonchev–Trinajstić information content (AvgIpc) is 3.15. The van der Waals surface area contributed by atoms with Gasteiger partial charge in [0.25, 0.3) is 11.8 Å². The number of piperidine rings is 1. The van der Waals surface area contributed by atoms with Crippen LogP contribution in [0.25, 0.3) is 5.52 Å². The van der Waals surface area contributed by atoms with Gasteiger partial charge < -0.3 is 10.2 Å². The fraction of sp³-hybridized carbons (Fsp3) is 0.300. The SMILES string of the molecule is CS(=O)(=O)c1nc(C(=O)NC2CCN(C(=O)c3ccncc3)CC2)c2ccccn12. The summed E-state index contributed by atoms with van der Waals surface area (Å²) in [4.78, 5) is 35.1. The first-order valence-corrected chi connectivity index (χ1v) is 11.4. The maximum Gasteiger partial charge on any atom is 0.272 e. The van der Waals surface area contributed by atoms with Crippen LogP contribution in [0.3, 0.4) is 0 Å². The smallest absolute Gasteiger partial charge is 0.272 e. The molecule has 1 aliphatic rings. The van der Waals surface area contributed by atoms with Gasteiger partial charge in [0, 0.05) is 49.5 Å². The molecule has 1 saturated heterocycles. The molecule has 0 unspecified atom stereocenters. The molecule has 1 N–H and O–H groups in total. The van der Waals surface area contributed by atoms with Crippen molar-refractivity contribution in [2.75, 3.05) is 19.3 Å². The second-order valence-corrected chi connectivity index (χ2v) is 9.16. The van der Waals surface area contributed by atoms with E-state index in [0.29, 0.717) is 37.0 Å². The number of fused-ring (bicyclic) bond motifs is 1. The fourth-order valence-corrected chi connectivity index (χ4v) is 4.37. The van der Waals surface area contributed by atoms with Crippen LogP contribution in [0.2, 0.25) is 0 Å². The molecule has 156 valence electrons. The standard InChI is InChI=1S/C20H21N5O4S/c1-30(28,29)20-23-17(16-4-2-3-11-25(16)20)18(26)22-15-7-12-24(13-8-15)19(27)14-5-9-21-10-6-14/h2-6,9-11,15H,7-8,12-13H2,1H3,(H,22,26). The van der Waals surface area contributed by atoms with Crippen molar-refractivity contribution in [3.63, 3.8) is 0 Å². The summed E-state index contributed by atoms with van der Waals surface area (Å²) in [5, 5.41) is 2.77. The highest BCUT2D eigenvalue weighted by Gasteiger charge is 2.27. The van der Waals surface area contributed by atoms with Crippen molar-refractivity contribution in [2.24, 2.45) is 0 Å². The molecule has 0 spiro atoms. The zero-order chi connectivity index (χ0) is 21.3. The van der Waals surface area contributed by atoms with Crippen LogP contribution in [-0.2, 0) is 9.84 Å². The van der Waals surface area contributed by atoms with Crippen LogP contribution in [0.15, 0.2) is 54.1 Å². The third kappa shape index (κ3) is 3.90. The highest BCUT2D eigenvalue weighted by Crippen LogP contribution is 2.19. The first-order chi connectivity index (χ1) is 14.3. The number of carbonyl (C=O) groups is 2. The predicted molar refractivity (Wildman–Crippen MR) is 109 cm³/mol. The molecular weight excluding hydrogens is 406 g/mol. The Morgan fingerprint density at radius 2 is 1.80 bits per heavy atom. The lowest BCUT2D eigenvalue weighted by atomic mass is 10.0. The zero-order valence-corrected chi connectivity index (χ0v) is 17.2. The lowest BCUT2D eigenvalue weighted by Gasteiger charge is -2.32. The predicted octanol–water partition coefficient (Wildman–Crippen LogP) is 1.17. The van der Waals surface area contributed by atoms with Crippen molar-refractivity contribution in [1.82, 2.24) is 24.6 Å². The largest absolute Gasteiger partial charge is 0.348 e. The minimum atomic E-state index is -3.60. The van der Waals surface area contributed by atoms with E-state index in [1.807, 2.05) is 0 Å². The fourth-order valence-electron chi connectivity index (χ4n) is 3.60. The number of hydrogen-bond donors (Lipinski definition) is 1. The zero-order valence-electron chi connectivity index (χ0n) is 16.4. The summed E-state index contributed by atoms with van der Waals surface area (Å²) in [6.07, 6.45) is 7.01. The summed E-state index contributed by atoms with van der Waals surface area (Å²) in [7, 11) is -3.60. The summed E-state index contributed by atoms with van der Waals surface area (Å²) in [6.45, 7) is 1.04. The van der Waals surface area contributed by atoms with E-state index in [4.69, 9.17) is 0 Å². The van der Waals surface area contributed by atoms with Crippen molar-refractivity contribution >= 4 is 27.2 Å². The third-order valence-electron chi connectivity index (χ3n) is 5.11. The van der Waals surface area contributed by atoms with E-state index in [1.54, 1.807) is 53.8 Å². The average molecular weight is 427 g/mol. The van der Waals surface area contributed by atoms with Crippen molar-refractivity contribution < 1.29 is 18.0 Å². The van der Waals surface area contributed by atoms with Crippen molar-refractivity contribution in [3.8, 4) is 0 Å². The van der Waals surface area contributed by atoms with E-state index < -0.39 is 15.7 Å². The van der Waals surface area contributed by atoms with Crippen LogP contribution in [0, 0.1) is 0 Å². The van der Waals surface area contributed by atoms with E-state index >= 15 is 0 Å². The molecule has 4 rings (SSSR count). The highest BCUT2D eigenvalue weighted by atomic mass is 32.2. The van der Waals surface area contributed by atoms with Gasteiger partial charge in [-0.2, -0.15) is 0 Å². The Hall–Kier alpha value is -3.27. The molecule has 30 heavy (non-hydrogen) atoms. The van der Waals surface area contributed by atoms with Gasteiger partial charge in [-0.05, 0) is 37.1 Å². The number of rotatable bonds is 4. The molecule has 10 heteroatoms. The van der Waals surface area contributed by atoms with Gasteiger partial charge in [-0.15, -0.1) is 0 Å². The number of pyridine rings is 2. The second-order valence-electron chi connectivity index (χ2n) is 7.25. The Morgan fingerprint density at radius 3 is 2.47 bits per heavy atom. The monoisotopic (exact) mass is 427 g/mol. The number of nitrogens with zero attached hydrogens (tertiary/aromatic N) is 4. The number of hydrogen-bond acceptors (Lipinski definition) is 6. The molecule has 0 radical (unpaired) electrons. The molecule has 3 aromatic rings. The molecule has 0 saturated carbocycles. The van der Waals surface area contributed by atoms with Crippen LogP contribution in [-0.4, -0.2) is 64.9 Å². The maximum atomic E-state index is 12.8. The molecule has 1 aliphatic heterocycles. The summed E-state index contributed by atoms with van der Waals surface area (Å²) in [5.74, 6) is -0.479. The minimum absolute atomic E-state index is 0.0555. The van der Waals surface area contributed by atoms with Crippen LogP contribution in [0.1, 0.15) is 33.7 Å². The van der Waals surface area contributed by atoms with Gasteiger partial charge in [-0.25, -0.2) is 13.4 Å². The number of amides is 2. The summed E-state index contributed by atoms with van der Waals surface area (Å²) >= 11 is 0. The van der Waals surface area contributed by atoms with Gasteiger partial charge in [0.05, 0.1) is 5.52 Å². The molecule has 2 amide bonds. The highest BCUT2D eigenvalue weighted by molar-refractivity contribution is 7.90. The molecule has 0 bridgehead atoms. The Balaban J connectivity index is 1.45. The molecule has 1 fully saturated rings. The number of aromatic nitrogens is 3. The first-order valence-electron chi connectivity index (χ1n) is 9.52. The van der Waals surface area contributed by atoms with E-state index in [2.05, 4.69) is 15.3 Å². The van der Waals surface area contributed by atoms with Crippen LogP contribution >= 0.6 is 0 Å². The molecular formula is C20H21N5O4S. The molecule has 0 aromatic carbocycles. The number of imidazole rings is 1. The molecule has 3 aromatic heterocycles. The maximum absolute atomic E-state index is 12.8. The number of likely N-dealkylation sites (tertiary alicyclic amines) is 1. The van der Waals surface area contributed by atoms with E-state index in [9.17, 15) is 18.0 Å². The lowest BCUT2D eigenvalue weighted by molar-refractivity contribution is 0.0697. The van der Waals surface area contributed by atoms with Crippen LogP contribution in [0.5, 0.6) is 0 Å². The van der Waals surface area contributed by atoms with Crippen molar-refractivity contribution in [2.45, 2.75) is 24.0 Å². The molecule has 0 aliphatic carbocycles. The Labute approximate surface area is 173 Å². The number of carbonyl (C=O) groups excluding carboxylic acids is 2. The number of nitrogens with one attached hydrogen (secondary N) is 1. The van der Waals surface area contributed by atoms with Gasteiger partial charge in [-0.3, -0.25) is 19.0 Å². The molecule has 0 atom stereocenters. The second kappa shape index (κ2) is 7.86. The quantitative estimate of drug-likeness (QED) is 0.669. The van der Waals surface area contributed by atoms with Gasteiger partial charge in [0.15, 0.2) is 5.69 Å². The van der Waals surface area contributed by atoms with Gasteiger partial charge in [0.2, 0.25) is 15.0 Å². The number of sulfone groups is 1. The van der Waals surface area contributed by atoms with Crippen LogP contribution < -0.4 is 5.32 Å². The first kappa shape index (κ1) is 20.0. The van der Waals surface area contributed by atoms with Gasteiger partial charge >= 0.3 is 0 Å². The van der Waals surface area contributed by atoms with Crippen LogP contribution in [0.4, 0.5) is 0 Å². The Kier molecular flexibility index (Phi) is 5.25. The molecule has 9 nitrogen and oxygen atoms in total.